The first kappa shape index (κ1) is 11.8. The molecule has 3 heteroatoms. The van der Waals surface area contributed by atoms with E-state index in [0.29, 0.717) is 0 Å². The van der Waals surface area contributed by atoms with Gasteiger partial charge in [-0.3, -0.25) is 4.79 Å². The zero-order valence-electron chi connectivity index (χ0n) is 9.97. The highest BCUT2D eigenvalue weighted by Gasteiger charge is 2.06. The van der Waals surface area contributed by atoms with E-state index in [1.165, 1.54) is 5.56 Å². The Hall–Kier alpha value is -1.32. The Bertz CT molecular complexity index is 774. The molecule has 1 aromatic heterocycles. The van der Waals surface area contributed by atoms with Crippen LogP contribution in [0.25, 0.3) is 20.2 Å². The summed E-state index contributed by atoms with van der Waals surface area (Å²) in [4.78, 5) is 12.4. The minimum Gasteiger partial charge on any atom is -0.289 e. The first-order valence-electron chi connectivity index (χ1n) is 5.73. The molecule has 0 amide bonds. The summed E-state index contributed by atoms with van der Waals surface area (Å²) in [6.45, 7) is 0. The van der Waals surface area contributed by atoms with E-state index >= 15 is 0 Å². The second-order valence-electron chi connectivity index (χ2n) is 4.19. The second kappa shape index (κ2) is 4.75. The summed E-state index contributed by atoms with van der Waals surface area (Å²) >= 11 is 3.46. The number of rotatable bonds is 2. The van der Waals surface area contributed by atoms with Crippen molar-refractivity contribution in [3.8, 4) is 0 Å². The van der Waals surface area contributed by atoms with Crippen LogP contribution in [-0.2, 0) is 5.75 Å². The Labute approximate surface area is 113 Å². The third-order valence-corrected chi connectivity index (χ3v) is 4.73. The monoisotopic (exact) mass is 272 g/mol. The van der Waals surface area contributed by atoms with E-state index < -0.39 is 0 Å². The number of benzene rings is 2. The van der Waals surface area contributed by atoms with Gasteiger partial charge in [-0.25, -0.2) is 0 Å². The molecule has 1 nitrogen and oxygen atoms in total. The average Bonchev–Trinajstić information content (AvgIpc) is 2.40. The quantitative estimate of drug-likeness (QED) is 0.648. The van der Waals surface area contributed by atoms with Crippen LogP contribution in [0.1, 0.15) is 5.56 Å². The normalized spacial score (nSPS) is 11.2. The van der Waals surface area contributed by atoms with Gasteiger partial charge in [0.25, 0.3) is 0 Å². The molecular weight excluding hydrogens is 260 g/mol. The SMILES string of the molecule is CSCc1ccc2sc3ccccc3c(=O)c2c1. The second-order valence-corrected chi connectivity index (χ2v) is 6.14. The number of hydrogen-bond acceptors (Lipinski definition) is 3. The van der Waals surface area contributed by atoms with Crippen molar-refractivity contribution in [1.29, 1.82) is 0 Å². The van der Waals surface area contributed by atoms with Crippen LogP contribution in [0.2, 0.25) is 0 Å². The average molecular weight is 272 g/mol. The largest absolute Gasteiger partial charge is 0.289 e. The van der Waals surface area contributed by atoms with Crippen molar-refractivity contribution in [1.82, 2.24) is 0 Å². The third kappa shape index (κ3) is 1.93. The van der Waals surface area contributed by atoms with E-state index in [1.54, 1.807) is 23.1 Å². The van der Waals surface area contributed by atoms with Crippen LogP contribution in [0.15, 0.2) is 47.3 Å². The molecule has 90 valence electrons. The lowest BCUT2D eigenvalue weighted by molar-refractivity contribution is 1.45. The van der Waals surface area contributed by atoms with Crippen LogP contribution >= 0.6 is 23.1 Å². The van der Waals surface area contributed by atoms with Gasteiger partial charge in [-0.1, -0.05) is 18.2 Å². The molecule has 0 N–H and O–H groups in total. The first-order chi connectivity index (χ1) is 8.79. The van der Waals surface area contributed by atoms with Crippen molar-refractivity contribution in [2.75, 3.05) is 6.26 Å². The topological polar surface area (TPSA) is 17.1 Å². The fourth-order valence-corrected chi connectivity index (χ4v) is 3.67. The van der Waals surface area contributed by atoms with E-state index in [0.717, 1.165) is 25.9 Å². The van der Waals surface area contributed by atoms with E-state index in [2.05, 4.69) is 18.4 Å². The molecule has 0 saturated heterocycles. The van der Waals surface area contributed by atoms with Crippen molar-refractivity contribution in [3.05, 3.63) is 58.3 Å². The van der Waals surface area contributed by atoms with Crippen LogP contribution < -0.4 is 5.43 Å². The van der Waals surface area contributed by atoms with Crippen molar-refractivity contribution in [2.45, 2.75) is 5.75 Å². The Morgan fingerprint density at radius 2 is 1.83 bits per heavy atom. The molecule has 0 radical (unpaired) electrons. The van der Waals surface area contributed by atoms with Crippen LogP contribution in [0.5, 0.6) is 0 Å². The molecule has 0 atom stereocenters. The van der Waals surface area contributed by atoms with Gasteiger partial charge in [-0.15, -0.1) is 11.3 Å². The minimum absolute atomic E-state index is 0.155. The summed E-state index contributed by atoms with van der Waals surface area (Å²) in [5, 5.41) is 1.68. The summed E-state index contributed by atoms with van der Waals surface area (Å²) in [7, 11) is 0. The molecule has 0 unspecified atom stereocenters. The van der Waals surface area contributed by atoms with Crippen LogP contribution in [0, 0.1) is 0 Å². The molecule has 3 rings (SSSR count). The van der Waals surface area contributed by atoms with E-state index in [9.17, 15) is 4.79 Å². The molecule has 3 aromatic rings. The van der Waals surface area contributed by atoms with Gasteiger partial charge >= 0.3 is 0 Å². The third-order valence-electron chi connectivity index (χ3n) is 2.95. The summed E-state index contributed by atoms with van der Waals surface area (Å²) in [6, 6.07) is 14.0. The van der Waals surface area contributed by atoms with Gasteiger partial charge in [0, 0.05) is 25.9 Å². The summed E-state index contributed by atoms with van der Waals surface area (Å²) in [5.41, 5.74) is 1.37. The van der Waals surface area contributed by atoms with Crippen LogP contribution in [-0.4, -0.2) is 6.26 Å². The molecule has 0 spiro atoms. The highest BCUT2D eigenvalue weighted by molar-refractivity contribution is 7.97. The number of thioether (sulfide) groups is 1. The van der Waals surface area contributed by atoms with E-state index in [4.69, 9.17) is 0 Å². The molecule has 0 aliphatic heterocycles. The maximum Gasteiger partial charge on any atom is 0.195 e. The Kier molecular flexibility index (Phi) is 3.10. The molecule has 0 bridgehead atoms. The van der Waals surface area contributed by atoms with Gasteiger partial charge in [0.2, 0.25) is 0 Å². The van der Waals surface area contributed by atoms with Crippen molar-refractivity contribution < 1.29 is 0 Å². The molecule has 2 aromatic carbocycles. The van der Waals surface area contributed by atoms with Crippen molar-refractivity contribution >= 4 is 43.3 Å². The van der Waals surface area contributed by atoms with Gasteiger partial charge in [0.15, 0.2) is 5.43 Å². The Morgan fingerprint density at radius 3 is 2.67 bits per heavy atom. The lowest BCUT2D eigenvalue weighted by atomic mass is 10.1. The molecule has 1 heterocycles. The van der Waals surface area contributed by atoms with Crippen LogP contribution in [0.4, 0.5) is 0 Å². The van der Waals surface area contributed by atoms with E-state index in [1.807, 2.05) is 30.3 Å². The van der Waals surface area contributed by atoms with Gasteiger partial charge < -0.3 is 0 Å². The predicted octanol–water partition coefficient (Wildman–Crippen LogP) is 4.28. The Balaban J connectivity index is 2.38. The van der Waals surface area contributed by atoms with Gasteiger partial charge in [-0.2, -0.15) is 11.8 Å². The fraction of sp³-hybridized carbons (Fsp3) is 0.133. The summed E-state index contributed by atoms with van der Waals surface area (Å²) < 4.78 is 2.14. The standard InChI is InChI=1S/C15H12OS2/c1-17-9-10-6-7-14-12(8-10)15(16)11-4-2-3-5-13(11)18-14/h2-8H,9H2,1H3. The maximum atomic E-state index is 12.4. The van der Waals surface area contributed by atoms with Crippen molar-refractivity contribution in [3.63, 3.8) is 0 Å². The predicted molar refractivity (Wildman–Crippen MR) is 82.8 cm³/mol. The minimum atomic E-state index is 0.155. The summed E-state index contributed by atoms with van der Waals surface area (Å²) in [6.07, 6.45) is 2.07. The molecule has 0 aliphatic carbocycles. The smallest absolute Gasteiger partial charge is 0.195 e. The highest BCUT2D eigenvalue weighted by Crippen LogP contribution is 2.25. The summed E-state index contributed by atoms with van der Waals surface area (Å²) in [5.74, 6) is 0.951. The molecule has 0 aliphatic rings. The molecular formula is C15H12OS2. The first-order valence-corrected chi connectivity index (χ1v) is 7.94. The van der Waals surface area contributed by atoms with Gasteiger partial charge in [0.1, 0.15) is 0 Å². The zero-order chi connectivity index (χ0) is 12.5. The molecule has 18 heavy (non-hydrogen) atoms. The van der Waals surface area contributed by atoms with Gasteiger partial charge in [-0.05, 0) is 36.1 Å². The van der Waals surface area contributed by atoms with Gasteiger partial charge in [0.05, 0.1) is 0 Å². The lowest BCUT2D eigenvalue weighted by Crippen LogP contribution is -2.01. The van der Waals surface area contributed by atoms with Crippen LogP contribution in [0.3, 0.4) is 0 Å². The fourth-order valence-electron chi connectivity index (χ4n) is 2.11. The number of hydrogen-bond donors (Lipinski definition) is 0. The zero-order valence-corrected chi connectivity index (χ0v) is 11.6. The molecule has 0 saturated carbocycles. The Morgan fingerprint density at radius 1 is 1.06 bits per heavy atom. The lowest BCUT2D eigenvalue weighted by Gasteiger charge is -2.03. The highest BCUT2D eigenvalue weighted by atomic mass is 32.2. The number of fused-ring (bicyclic) bond motifs is 2. The van der Waals surface area contributed by atoms with Crippen molar-refractivity contribution in [2.24, 2.45) is 0 Å². The molecule has 0 fully saturated rings. The maximum absolute atomic E-state index is 12.4. The van der Waals surface area contributed by atoms with E-state index in [-0.39, 0.29) is 5.43 Å².